The number of piperidine rings is 1. The van der Waals surface area contributed by atoms with Crippen LogP contribution in [0.1, 0.15) is 30.5 Å². The van der Waals surface area contributed by atoms with Crippen molar-refractivity contribution in [2.45, 2.75) is 33.1 Å². The molecule has 0 radical (unpaired) electrons. The van der Waals surface area contributed by atoms with Crippen LogP contribution >= 0.6 is 0 Å². The Bertz CT molecular complexity index is 1040. The molecular formula is C21H24N6O. The van der Waals surface area contributed by atoms with Crippen molar-refractivity contribution in [3.63, 3.8) is 0 Å². The molecule has 0 saturated carbocycles. The van der Waals surface area contributed by atoms with Crippen LogP contribution in [-0.2, 0) is 0 Å². The molecule has 0 amide bonds. The first-order chi connectivity index (χ1) is 13.6. The summed E-state index contributed by atoms with van der Waals surface area (Å²) < 4.78 is 0. The molecule has 1 aliphatic rings. The third kappa shape index (κ3) is 4.03. The van der Waals surface area contributed by atoms with Crippen LogP contribution in [0.2, 0.25) is 0 Å². The number of aromatic nitrogens is 4. The van der Waals surface area contributed by atoms with E-state index < -0.39 is 0 Å². The third-order valence-electron chi connectivity index (χ3n) is 4.90. The number of H-pyrrole nitrogens is 1. The van der Waals surface area contributed by atoms with Crippen LogP contribution in [0.4, 0.5) is 17.6 Å². The van der Waals surface area contributed by atoms with Gasteiger partial charge in [-0.3, -0.25) is 9.78 Å². The lowest BCUT2D eigenvalue weighted by Gasteiger charge is -2.26. The van der Waals surface area contributed by atoms with Crippen LogP contribution in [0.15, 0.2) is 41.3 Å². The second-order valence-electron chi connectivity index (χ2n) is 7.19. The second kappa shape index (κ2) is 7.80. The molecule has 0 spiro atoms. The molecule has 2 aromatic heterocycles. The lowest BCUT2D eigenvalue weighted by atomic mass is 10.1. The van der Waals surface area contributed by atoms with Crippen molar-refractivity contribution in [3.8, 4) is 11.3 Å². The van der Waals surface area contributed by atoms with E-state index in [-0.39, 0.29) is 5.56 Å². The maximum absolute atomic E-state index is 12.2. The largest absolute Gasteiger partial charge is 0.341 e. The second-order valence-corrected chi connectivity index (χ2v) is 7.19. The van der Waals surface area contributed by atoms with Crippen LogP contribution < -0.4 is 15.8 Å². The predicted molar refractivity (Wildman–Crippen MR) is 111 cm³/mol. The summed E-state index contributed by atoms with van der Waals surface area (Å²) in [5, 5.41) is 3.16. The predicted octanol–water partition coefficient (Wildman–Crippen LogP) is 3.58. The highest BCUT2D eigenvalue weighted by molar-refractivity contribution is 5.64. The van der Waals surface area contributed by atoms with Gasteiger partial charge in [0.25, 0.3) is 5.56 Å². The smallest absolute Gasteiger partial charge is 0.252 e. The summed E-state index contributed by atoms with van der Waals surface area (Å²) in [7, 11) is 0. The average Bonchev–Trinajstić information content (AvgIpc) is 2.68. The summed E-state index contributed by atoms with van der Waals surface area (Å²) in [6.45, 7) is 5.93. The van der Waals surface area contributed by atoms with E-state index in [0.717, 1.165) is 41.5 Å². The third-order valence-corrected chi connectivity index (χ3v) is 4.90. The first-order valence-corrected chi connectivity index (χ1v) is 9.62. The van der Waals surface area contributed by atoms with Crippen molar-refractivity contribution < 1.29 is 0 Å². The Kier molecular flexibility index (Phi) is 5.06. The molecule has 7 nitrogen and oxygen atoms in total. The van der Waals surface area contributed by atoms with Crippen LogP contribution in [0.25, 0.3) is 11.3 Å². The normalized spacial score (nSPS) is 14.1. The Labute approximate surface area is 163 Å². The Morgan fingerprint density at radius 1 is 1.07 bits per heavy atom. The number of nitrogens with zero attached hydrogens (tertiary/aromatic N) is 4. The van der Waals surface area contributed by atoms with Crippen molar-refractivity contribution in [1.82, 2.24) is 19.9 Å². The molecule has 1 saturated heterocycles. The summed E-state index contributed by atoms with van der Waals surface area (Å²) in [5.41, 5.74) is 3.91. The van der Waals surface area contributed by atoms with Crippen LogP contribution in [0.5, 0.6) is 0 Å². The van der Waals surface area contributed by atoms with Gasteiger partial charge in [0, 0.05) is 36.6 Å². The van der Waals surface area contributed by atoms with E-state index in [1.54, 1.807) is 6.20 Å². The summed E-state index contributed by atoms with van der Waals surface area (Å²) >= 11 is 0. The topological polar surface area (TPSA) is 86.8 Å². The maximum atomic E-state index is 12.2. The quantitative estimate of drug-likeness (QED) is 0.724. The fraction of sp³-hybridized carbons (Fsp3) is 0.333. The van der Waals surface area contributed by atoms with Crippen molar-refractivity contribution in [1.29, 1.82) is 0 Å². The lowest BCUT2D eigenvalue weighted by Crippen LogP contribution is -2.31. The molecule has 0 aliphatic carbocycles. The summed E-state index contributed by atoms with van der Waals surface area (Å²) in [6.07, 6.45) is 5.38. The average molecular weight is 376 g/mol. The van der Waals surface area contributed by atoms with E-state index in [1.807, 2.05) is 38.1 Å². The summed E-state index contributed by atoms with van der Waals surface area (Å²) in [4.78, 5) is 30.9. The van der Waals surface area contributed by atoms with Crippen molar-refractivity contribution in [3.05, 3.63) is 58.1 Å². The zero-order valence-electron chi connectivity index (χ0n) is 16.2. The highest BCUT2D eigenvalue weighted by atomic mass is 16.1. The minimum atomic E-state index is -0.223. The molecule has 0 unspecified atom stereocenters. The van der Waals surface area contributed by atoms with Gasteiger partial charge in [0.1, 0.15) is 0 Å². The lowest BCUT2D eigenvalue weighted by molar-refractivity contribution is 0.568. The standard InChI is InChI=1S/C21H24N6O/c1-14-7-6-8-16(11-14)24-20-25-18(12-19(28)26-20)17-13-22-21(23-15(17)2)27-9-4-3-5-10-27/h6-8,11-13H,3-5,9-10H2,1-2H3,(H2,24,25,26,28). The molecule has 144 valence electrons. The van der Waals surface area contributed by atoms with Crippen LogP contribution in [0, 0.1) is 13.8 Å². The molecule has 3 aromatic rings. The summed E-state index contributed by atoms with van der Waals surface area (Å²) in [6, 6.07) is 9.38. The highest BCUT2D eigenvalue weighted by Crippen LogP contribution is 2.23. The molecule has 1 aliphatic heterocycles. The number of rotatable bonds is 4. The first kappa shape index (κ1) is 18.2. The molecule has 7 heteroatoms. The van der Waals surface area contributed by atoms with E-state index in [9.17, 15) is 4.79 Å². The van der Waals surface area contributed by atoms with Crippen molar-refractivity contribution >= 4 is 17.6 Å². The monoisotopic (exact) mass is 376 g/mol. The van der Waals surface area contributed by atoms with Gasteiger partial charge >= 0.3 is 0 Å². The molecule has 0 bridgehead atoms. The van der Waals surface area contributed by atoms with Gasteiger partial charge in [-0.15, -0.1) is 0 Å². The maximum Gasteiger partial charge on any atom is 0.252 e. The molecule has 2 N–H and O–H groups in total. The summed E-state index contributed by atoms with van der Waals surface area (Å²) in [5.74, 6) is 1.15. The Hall–Kier alpha value is -3.22. The Balaban J connectivity index is 1.63. The van der Waals surface area contributed by atoms with E-state index >= 15 is 0 Å². The molecule has 1 fully saturated rings. The minimum Gasteiger partial charge on any atom is -0.341 e. The van der Waals surface area contributed by atoms with Gasteiger partial charge in [0.2, 0.25) is 11.9 Å². The minimum absolute atomic E-state index is 0.223. The fourth-order valence-corrected chi connectivity index (χ4v) is 3.47. The molecule has 4 rings (SSSR count). The number of aryl methyl sites for hydroxylation is 2. The van der Waals surface area contributed by atoms with Crippen molar-refractivity contribution in [2.75, 3.05) is 23.3 Å². The number of aromatic amines is 1. The Morgan fingerprint density at radius 3 is 2.64 bits per heavy atom. The van der Waals surface area contributed by atoms with Crippen LogP contribution in [0.3, 0.4) is 0 Å². The number of nitrogens with one attached hydrogen (secondary N) is 2. The van der Waals surface area contributed by atoms with Gasteiger partial charge in [-0.05, 0) is 50.8 Å². The van der Waals surface area contributed by atoms with Gasteiger partial charge in [0.15, 0.2) is 0 Å². The molecule has 28 heavy (non-hydrogen) atoms. The Morgan fingerprint density at radius 2 is 1.89 bits per heavy atom. The van der Waals surface area contributed by atoms with Gasteiger partial charge in [-0.1, -0.05) is 12.1 Å². The van der Waals surface area contributed by atoms with Crippen molar-refractivity contribution in [2.24, 2.45) is 0 Å². The molecular weight excluding hydrogens is 352 g/mol. The van der Waals surface area contributed by atoms with E-state index in [4.69, 9.17) is 0 Å². The molecule has 1 aromatic carbocycles. The number of hydrogen-bond donors (Lipinski definition) is 2. The SMILES string of the molecule is Cc1cccc(Nc2nc(-c3cnc(N4CCCCC4)nc3C)cc(=O)[nH]2)c1. The van der Waals surface area contributed by atoms with E-state index in [1.165, 1.54) is 25.3 Å². The number of hydrogen-bond acceptors (Lipinski definition) is 6. The number of anilines is 3. The first-order valence-electron chi connectivity index (χ1n) is 9.62. The van der Waals surface area contributed by atoms with Gasteiger partial charge in [0.05, 0.1) is 11.4 Å². The van der Waals surface area contributed by atoms with E-state index in [2.05, 4.69) is 30.2 Å². The number of benzene rings is 1. The van der Waals surface area contributed by atoms with Gasteiger partial charge in [-0.2, -0.15) is 0 Å². The van der Waals surface area contributed by atoms with Gasteiger partial charge < -0.3 is 10.2 Å². The van der Waals surface area contributed by atoms with Crippen LogP contribution in [-0.4, -0.2) is 33.0 Å². The highest BCUT2D eigenvalue weighted by Gasteiger charge is 2.16. The fourth-order valence-electron chi connectivity index (χ4n) is 3.47. The van der Waals surface area contributed by atoms with E-state index in [0.29, 0.717) is 11.6 Å². The zero-order chi connectivity index (χ0) is 19.5. The molecule has 0 atom stereocenters. The van der Waals surface area contributed by atoms with Gasteiger partial charge in [-0.25, -0.2) is 15.0 Å². The zero-order valence-corrected chi connectivity index (χ0v) is 16.2. The molecule has 3 heterocycles.